The highest BCUT2D eigenvalue weighted by molar-refractivity contribution is 5.78. The molecular formula is C20H30F2N4O. The van der Waals surface area contributed by atoms with Gasteiger partial charge in [-0.05, 0) is 25.5 Å². The molecule has 7 heteroatoms. The average Bonchev–Trinajstić information content (AvgIpc) is 2.68. The van der Waals surface area contributed by atoms with E-state index in [1.165, 1.54) is 12.1 Å². The summed E-state index contributed by atoms with van der Waals surface area (Å²) in [5, 5.41) is 0. The highest BCUT2D eigenvalue weighted by Crippen LogP contribution is 2.21. The molecule has 150 valence electrons. The van der Waals surface area contributed by atoms with Crippen molar-refractivity contribution < 1.29 is 13.6 Å². The normalized spacial score (nSPS) is 20.7. The molecule has 2 heterocycles. The molecular weight excluding hydrogens is 350 g/mol. The summed E-state index contributed by atoms with van der Waals surface area (Å²) in [5.74, 6) is -0.909. The van der Waals surface area contributed by atoms with Gasteiger partial charge in [-0.3, -0.25) is 14.6 Å². The minimum absolute atomic E-state index is 0.181. The van der Waals surface area contributed by atoms with Gasteiger partial charge in [0.2, 0.25) is 5.91 Å². The quantitative estimate of drug-likeness (QED) is 0.782. The number of piperazine rings is 2. The van der Waals surface area contributed by atoms with Crippen molar-refractivity contribution in [3.05, 3.63) is 29.8 Å². The minimum Gasteiger partial charge on any atom is -0.367 e. The predicted molar refractivity (Wildman–Crippen MR) is 103 cm³/mol. The van der Waals surface area contributed by atoms with Crippen molar-refractivity contribution in [2.24, 2.45) is 0 Å². The third-order valence-corrected chi connectivity index (χ3v) is 5.86. The largest absolute Gasteiger partial charge is 0.367 e. The van der Waals surface area contributed by atoms with Crippen LogP contribution in [-0.2, 0) is 4.79 Å². The van der Waals surface area contributed by atoms with Crippen molar-refractivity contribution in [3.8, 4) is 0 Å². The highest BCUT2D eigenvalue weighted by atomic mass is 19.1. The molecule has 2 aliphatic rings. The van der Waals surface area contributed by atoms with E-state index in [0.29, 0.717) is 44.5 Å². The van der Waals surface area contributed by atoms with Gasteiger partial charge in [-0.15, -0.1) is 0 Å². The Hall–Kier alpha value is -1.73. The summed E-state index contributed by atoms with van der Waals surface area (Å²) in [6.07, 6.45) is 1.13. The zero-order chi connectivity index (χ0) is 19.4. The van der Waals surface area contributed by atoms with Crippen LogP contribution in [0.3, 0.4) is 0 Å². The van der Waals surface area contributed by atoms with Gasteiger partial charge in [-0.2, -0.15) is 0 Å². The van der Waals surface area contributed by atoms with Gasteiger partial charge in [-0.25, -0.2) is 8.78 Å². The summed E-state index contributed by atoms with van der Waals surface area (Å²) in [4.78, 5) is 21.1. The Morgan fingerprint density at radius 2 is 1.70 bits per heavy atom. The number of carbonyl (C=O) groups is 1. The van der Waals surface area contributed by atoms with Crippen LogP contribution in [0.25, 0.3) is 0 Å². The van der Waals surface area contributed by atoms with E-state index in [0.717, 1.165) is 38.7 Å². The number of carbonyl (C=O) groups excluding carboxylic acids is 1. The lowest BCUT2D eigenvalue weighted by atomic mass is 10.2. The van der Waals surface area contributed by atoms with Crippen LogP contribution in [0.4, 0.5) is 14.5 Å². The van der Waals surface area contributed by atoms with Crippen LogP contribution in [0.15, 0.2) is 18.2 Å². The standard InChI is InChI=1S/C20H30F2N4O/c1-3-16(2)24-10-12-26(13-11-24)20(27)15-23-6-8-25(9-7-23)19-5-4-17(21)14-18(19)22/h4-5,14,16H,3,6-13,15H2,1-2H3. The summed E-state index contributed by atoms with van der Waals surface area (Å²) in [5.41, 5.74) is 0.434. The SMILES string of the molecule is CCC(C)N1CCN(C(=O)CN2CCN(c3ccc(F)cc3F)CC2)CC1. The first-order valence-electron chi connectivity index (χ1n) is 9.92. The van der Waals surface area contributed by atoms with Crippen molar-refractivity contribution in [2.75, 3.05) is 63.8 Å². The van der Waals surface area contributed by atoms with Gasteiger partial charge in [0, 0.05) is 64.5 Å². The van der Waals surface area contributed by atoms with E-state index in [9.17, 15) is 13.6 Å². The number of anilines is 1. The second-order valence-electron chi connectivity index (χ2n) is 7.53. The fraction of sp³-hybridized carbons (Fsp3) is 0.650. The summed E-state index contributed by atoms with van der Waals surface area (Å²) >= 11 is 0. The lowest BCUT2D eigenvalue weighted by molar-refractivity contribution is -0.134. The molecule has 0 radical (unpaired) electrons. The summed E-state index contributed by atoms with van der Waals surface area (Å²) in [7, 11) is 0. The second-order valence-corrected chi connectivity index (χ2v) is 7.53. The van der Waals surface area contributed by atoms with Gasteiger partial charge < -0.3 is 9.80 Å². The number of hydrogen-bond acceptors (Lipinski definition) is 4. The first kappa shape index (κ1) is 20.0. The maximum absolute atomic E-state index is 13.9. The molecule has 1 aromatic carbocycles. The van der Waals surface area contributed by atoms with Crippen LogP contribution >= 0.6 is 0 Å². The molecule has 2 saturated heterocycles. The maximum Gasteiger partial charge on any atom is 0.236 e. The molecule has 0 N–H and O–H groups in total. The zero-order valence-electron chi connectivity index (χ0n) is 16.3. The third-order valence-electron chi connectivity index (χ3n) is 5.86. The van der Waals surface area contributed by atoms with Crippen molar-refractivity contribution >= 4 is 11.6 Å². The Kier molecular flexibility index (Phi) is 6.65. The van der Waals surface area contributed by atoms with E-state index in [1.54, 1.807) is 0 Å². The molecule has 5 nitrogen and oxygen atoms in total. The molecule has 0 saturated carbocycles. The van der Waals surface area contributed by atoms with Gasteiger partial charge >= 0.3 is 0 Å². The number of hydrogen-bond donors (Lipinski definition) is 0. The summed E-state index contributed by atoms with van der Waals surface area (Å²) in [6, 6.07) is 4.27. The van der Waals surface area contributed by atoms with E-state index in [4.69, 9.17) is 0 Å². The van der Waals surface area contributed by atoms with Gasteiger partial charge in [-0.1, -0.05) is 6.92 Å². The van der Waals surface area contributed by atoms with Crippen LogP contribution in [0.1, 0.15) is 20.3 Å². The van der Waals surface area contributed by atoms with E-state index in [2.05, 4.69) is 23.6 Å². The van der Waals surface area contributed by atoms with Gasteiger partial charge in [0.25, 0.3) is 0 Å². The van der Waals surface area contributed by atoms with Crippen molar-refractivity contribution in [1.82, 2.24) is 14.7 Å². The summed E-state index contributed by atoms with van der Waals surface area (Å²) < 4.78 is 27.0. The third kappa shape index (κ3) is 4.96. The van der Waals surface area contributed by atoms with E-state index in [1.807, 2.05) is 9.80 Å². The number of amides is 1. The lowest BCUT2D eigenvalue weighted by Crippen LogP contribution is -2.55. The van der Waals surface area contributed by atoms with Crippen LogP contribution in [-0.4, -0.2) is 85.6 Å². The molecule has 2 aliphatic heterocycles. The van der Waals surface area contributed by atoms with Gasteiger partial charge in [0.1, 0.15) is 11.6 Å². The summed E-state index contributed by atoms with van der Waals surface area (Å²) in [6.45, 7) is 11.0. The average molecular weight is 380 g/mol. The topological polar surface area (TPSA) is 30.0 Å². The predicted octanol–water partition coefficient (Wildman–Crippen LogP) is 2.03. The van der Waals surface area contributed by atoms with Crippen molar-refractivity contribution in [3.63, 3.8) is 0 Å². The van der Waals surface area contributed by atoms with Gasteiger partial charge in [0.05, 0.1) is 12.2 Å². The van der Waals surface area contributed by atoms with Gasteiger partial charge in [0.15, 0.2) is 0 Å². The Morgan fingerprint density at radius 3 is 2.30 bits per heavy atom. The second kappa shape index (κ2) is 8.97. The molecule has 0 aliphatic carbocycles. The smallest absolute Gasteiger partial charge is 0.236 e. The Balaban J connectivity index is 1.45. The highest BCUT2D eigenvalue weighted by Gasteiger charge is 2.26. The fourth-order valence-electron chi connectivity index (χ4n) is 3.85. The van der Waals surface area contributed by atoms with Crippen molar-refractivity contribution in [1.29, 1.82) is 0 Å². The molecule has 0 bridgehead atoms. The monoisotopic (exact) mass is 380 g/mol. The Morgan fingerprint density at radius 1 is 1.04 bits per heavy atom. The maximum atomic E-state index is 13.9. The number of rotatable bonds is 5. The molecule has 1 atom stereocenters. The Labute approximate surface area is 160 Å². The molecule has 3 rings (SSSR count). The Bertz CT molecular complexity index is 641. The molecule has 1 unspecified atom stereocenters. The molecule has 2 fully saturated rings. The number of halogens is 2. The van der Waals surface area contributed by atoms with Crippen LogP contribution in [0, 0.1) is 11.6 Å². The first-order chi connectivity index (χ1) is 13.0. The van der Waals surface area contributed by atoms with Crippen LogP contribution in [0.2, 0.25) is 0 Å². The van der Waals surface area contributed by atoms with Crippen molar-refractivity contribution in [2.45, 2.75) is 26.3 Å². The molecule has 27 heavy (non-hydrogen) atoms. The van der Waals surface area contributed by atoms with Crippen LogP contribution in [0.5, 0.6) is 0 Å². The van der Waals surface area contributed by atoms with Crippen LogP contribution < -0.4 is 4.90 Å². The fourth-order valence-corrected chi connectivity index (χ4v) is 3.85. The minimum atomic E-state index is -0.561. The number of nitrogens with zero attached hydrogens (tertiary/aromatic N) is 4. The molecule has 1 aromatic rings. The number of benzene rings is 1. The van der Waals surface area contributed by atoms with E-state index in [-0.39, 0.29) is 5.91 Å². The lowest BCUT2D eigenvalue weighted by Gasteiger charge is -2.40. The van der Waals surface area contributed by atoms with E-state index >= 15 is 0 Å². The molecule has 0 spiro atoms. The molecule has 1 amide bonds. The first-order valence-corrected chi connectivity index (χ1v) is 9.92. The van der Waals surface area contributed by atoms with E-state index < -0.39 is 11.6 Å². The zero-order valence-corrected chi connectivity index (χ0v) is 16.3. The molecule has 0 aromatic heterocycles.